The molecule has 0 saturated carbocycles. The van der Waals surface area contributed by atoms with Crippen molar-refractivity contribution < 1.29 is 0 Å². The summed E-state index contributed by atoms with van der Waals surface area (Å²) in [5.74, 6) is 0.480. The average Bonchev–Trinajstić information content (AvgIpc) is 2.47. The van der Waals surface area contributed by atoms with Gasteiger partial charge in [-0.05, 0) is 40.4 Å². The Hall–Kier alpha value is -0.830. The minimum atomic E-state index is 0.480. The Morgan fingerprint density at radius 3 is 2.71 bits per heavy atom. The Balaban J connectivity index is 2.70. The molecule has 3 heteroatoms. The number of fused-ring (bicyclic) bond motifs is 1. The first-order chi connectivity index (χ1) is 6.58. The number of halogens is 1. The van der Waals surface area contributed by atoms with Crippen molar-refractivity contribution in [1.29, 1.82) is 0 Å². The van der Waals surface area contributed by atoms with E-state index in [9.17, 15) is 0 Å². The zero-order valence-electron chi connectivity index (χ0n) is 8.58. The van der Waals surface area contributed by atoms with Gasteiger partial charge in [-0.25, -0.2) is 4.98 Å². The predicted octanol–water partition coefficient (Wildman–Crippen LogP) is 3.53. The largest absolute Gasteiger partial charge is 0.305 e. The summed E-state index contributed by atoms with van der Waals surface area (Å²) < 4.78 is 3.17. The van der Waals surface area contributed by atoms with Crippen LogP contribution < -0.4 is 0 Å². The lowest BCUT2D eigenvalue weighted by Crippen LogP contribution is -1.86. The molecule has 0 aliphatic carbocycles. The highest BCUT2D eigenvalue weighted by atomic mass is 79.9. The van der Waals surface area contributed by atoms with Crippen molar-refractivity contribution in [2.75, 3.05) is 0 Å². The summed E-state index contributed by atoms with van der Waals surface area (Å²) in [6.45, 7) is 6.40. The molecule has 2 aromatic heterocycles. The second kappa shape index (κ2) is 3.39. The summed E-state index contributed by atoms with van der Waals surface area (Å²) >= 11 is 3.48. The number of aromatic nitrogens is 2. The van der Waals surface area contributed by atoms with Gasteiger partial charge in [0.25, 0.3) is 0 Å². The normalized spacial score (nSPS) is 11.5. The lowest BCUT2D eigenvalue weighted by atomic mass is 10.2. The van der Waals surface area contributed by atoms with E-state index in [1.54, 1.807) is 0 Å². The lowest BCUT2D eigenvalue weighted by Gasteiger charge is -1.97. The molecular weight excluding hydrogens is 240 g/mol. The zero-order valence-corrected chi connectivity index (χ0v) is 10.2. The molecule has 2 heterocycles. The molecule has 0 aliphatic heterocycles. The van der Waals surface area contributed by atoms with E-state index in [1.807, 2.05) is 6.20 Å². The lowest BCUT2D eigenvalue weighted by molar-refractivity contribution is 0.834. The van der Waals surface area contributed by atoms with Crippen molar-refractivity contribution in [2.45, 2.75) is 26.7 Å². The molecule has 0 spiro atoms. The van der Waals surface area contributed by atoms with Crippen LogP contribution in [-0.2, 0) is 0 Å². The highest BCUT2D eigenvalue weighted by molar-refractivity contribution is 9.10. The minimum Gasteiger partial charge on any atom is -0.305 e. The van der Waals surface area contributed by atoms with Gasteiger partial charge in [-0.1, -0.05) is 13.8 Å². The van der Waals surface area contributed by atoms with E-state index in [0.717, 1.165) is 15.8 Å². The molecule has 0 amide bonds. The van der Waals surface area contributed by atoms with Crippen molar-refractivity contribution in [3.05, 3.63) is 34.2 Å². The van der Waals surface area contributed by atoms with E-state index in [0.29, 0.717) is 5.92 Å². The zero-order chi connectivity index (χ0) is 10.3. The number of hydrogen-bond acceptors (Lipinski definition) is 1. The molecule has 0 atom stereocenters. The van der Waals surface area contributed by atoms with Crippen LogP contribution in [0.3, 0.4) is 0 Å². The third kappa shape index (κ3) is 1.57. The van der Waals surface area contributed by atoms with Gasteiger partial charge in [-0.2, -0.15) is 0 Å². The molecule has 2 rings (SSSR count). The summed E-state index contributed by atoms with van der Waals surface area (Å²) in [4.78, 5) is 4.60. The maximum Gasteiger partial charge on any atom is 0.140 e. The number of hydrogen-bond donors (Lipinski definition) is 0. The molecular formula is C11H13BrN2. The van der Waals surface area contributed by atoms with E-state index < -0.39 is 0 Å². The van der Waals surface area contributed by atoms with Gasteiger partial charge in [0.05, 0.1) is 5.69 Å². The van der Waals surface area contributed by atoms with E-state index in [4.69, 9.17) is 0 Å². The summed E-state index contributed by atoms with van der Waals surface area (Å²) in [7, 11) is 0. The summed E-state index contributed by atoms with van der Waals surface area (Å²) in [5.41, 5.74) is 3.40. The first kappa shape index (κ1) is 9.71. The van der Waals surface area contributed by atoms with Crippen LogP contribution in [0, 0.1) is 6.92 Å². The molecule has 0 aromatic carbocycles. The number of pyridine rings is 1. The van der Waals surface area contributed by atoms with E-state index in [1.165, 1.54) is 5.56 Å². The molecule has 0 N–H and O–H groups in total. The predicted molar refractivity (Wildman–Crippen MR) is 61.7 cm³/mol. The van der Waals surface area contributed by atoms with Gasteiger partial charge in [0.15, 0.2) is 0 Å². The fourth-order valence-electron chi connectivity index (χ4n) is 1.52. The second-order valence-electron chi connectivity index (χ2n) is 3.89. The fourth-order valence-corrected chi connectivity index (χ4v) is 2.09. The topological polar surface area (TPSA) is 17.3 Å². The van der Waals surface area contributed by atoms with Crippen molar-refractivity contribution >= 4 is 21.6 Å². The Kier molecular flexibility index (Phi) is 2.35. The van der Waals surface area contributed by atoms with Crippen molar-refractivity contribution in [2.24, 2.45) is 0 Å². The molecule has 2 aromatic rings. The molecule has 0 fully saturated rings. The van der Waals surface area contributed by atoms with Gasteiger partial charge < -0.3 is 4.40 Å². The van der Waals surface area contributed by atoms with E-state index in [-0.39, 0.29) is 0 Å². The maximum absolute atomic E-state index is 4.60. The Morgan fingerprint density at radius 1 is 1.36 bits per heavy atom. The molecule has 2 nitrogen and oxygen atoms in total. The molecule has 14 heavy (non-hydrogen) atoms. The SMILES string of the molecule is Cc1cc(Br)cn2cc(C(C)C)nc12. The van der Waals surface area contributed by atoms with Crippen molar-refractivity contribution in [1.82, 2.24) is 9.38 Å². The maximum atomic E-state index is 4.60. The van der Waals surface area contributed by atoms with E-state index >= 15 is 0 Å². The number of nitrogens with zero attached hydrogens (tertiary/aromatic N) is 2. The fraction of sp³-hybridized carbons (Fsp3) is 0.364. The quantitative estimate of drug-likeness (QED) is 0.759. The van der Waals surface area contributed by atoms with Gasteiger partial charge in [0.1, 0.15) is 5.65 Å². The molecule has 0 saturated heterocycles. The van der Waals surface area contributed by atoms with Crippen molar-refractivity contribution in [3.63, 3.8) is 0 Å². The van der Waals surface area contributed by atoms with Crippen LogP contribution in [0.2, 0.25) is 0 Å². The van der Waals surface area contributed by atoms with Crippen LogP contribution in [0.1, 0.15) is 31.0 Å². The van der Waals surface area contributed by atoms with Gasteiger partial charge >= 0.3 is 0 Å². The van der Waals surface area contributed by atoms with Crippen LogP contribution in [0.25, 0.3) is 5.65 Å². The van der Waals surface area contributed by atoms with Gasteiger partial charge in [-0.3, -0.25) is 0 Å². The summed E-state index contributed by atoms with van der Waals surface area (Å²) in [6.07, 6.45) is 4.14. The molecule has 0 aliphatic rings. The third-order valence-corrected chi connectivity index (χ3v) is 2.75. The van der Waals surface area contributed by atoms with Crippen molar-refractivity contribution in [3.8, 4) is 0 Å². The van der Waals surface area contributed by atoms with Gasteiger partial charge in [0.2, 0.25) is 0 Å². The molecule has 0 unspecified atom stereocenters. The van der Waals surface area contributed by atoms with E-state index in [2.05, 4.69) is 58.3 Å². The summed E-state index contributed by atoms with van der Waals surface area (Å²) in [6, 6.07) is 2.09. The average molecular weight is 253 g/mol. The van der Waals surface area contributed by atoms with Crippen LogP contribution in [0.15, 0.2) is 22.9 Å². The third-order valence-electron chi connectivity index (χ3n) is 2.31. The Bertz CT molecular complexity index is 471. The minimum absolute atomic E-state index is 0.480. The molecule has 0 bridgehead atoms. The standard InChI is InChI=1S/C11H13BrN2/c1-7(2)10-6-14-5-9(12)4-8(3)11(14)13-10/h4-7H,1-3H3. The Morgan fingerprint density at radius 2 is 2.07 bits per heavy atom. The number of imidazole rings is 1. The Labute approximate surface area is 92.1 Å². The van der Waals surface area contributed by atoms with Crippen LogP contribution >= 0.6 is 15.9 Å². The second-order valence-corrected chi connectivity index (χ2v) is 4.81. The smallest absolute Gasteiger partial charge is 0.140 e. The van der Waals surface area contributed by atoms with Gasteiger partial charge in [-0.15, -0.1) is 0 Å². The van der Waals surface area contributed by atoms with Gasteiger partial charge in [0, 0.05) is 16.9 Å². The number of rotatable bonds is 1. The van der Waals surface area contributed by atoms with Crippen LogP contribution in [-0.4, -0.2) is 9.38 Å². The highest BCUT2D eigenvalue weighted by Gasteiger charge is 2.07. The molecule has 74 valence electrons. The number of aryl methyl sites for hydroxylation is 1. The molecule has 0 radical (unpaired) electrons. The van der Waals surface area contributed by atoms with Crippen LogP contribution in [0.4, 0.5) is 0 Å². The van der Waals surface area contributed by atoms with Crippen LogP contribution in [0.5, 0.6) is 0 Å². The first-order valence-corrected chi connectivity index (χ1v) is 5.52. The highest BCUT2D eigenvalue weighted by Crippen LogP contribution is 2.20. The summed E-state index contributed by atoms with van der Waals surface area (Å²) in [5, 5.41) is 0. The first-order valence-electron chi connectivity index (χ1n) is 4.72. The monoisotopic (exact) mass is 252 g/mol.